The Morgan fingerprint density at radius 3 is 2.56 bits per heavy atom. The Balaban J connectivity index is 1.62. The molecule has 0 atom stereocenters. The molecule has 5 heteroatoms. The van der Waals surface area contributed by atoms with Crippen LogP contribution in [0.2, 0.25) is 10.0 Å². The summed E-state index contributed by atoms with van der Waals surface area (Å²) in [6.45, 7) is 3.15. The molecule has 0 fully saturated rings. The number of hydrogen-bond donors (Lipinski definition) is 1. The molecule has 2 nitrogen and oxygen atoms in total. The second-order valence-electron chi connectivity index (χ2n) is 6.16. The van der Waals surface area contributed by atoms with Gasteiger partial charge in [0.1, 0.15) is 17.3 Å². The molecule has 0 aliphatic carbocycles. The zero-order valence-electron chi connectivity index (χ0n) is 14.8. The summed E-state index contributed by atoms with van der Waals surface area (Å²) in [6, 6.07) is 21.4. The van der Waals surface area contributed by atoms with Crippen LogP contribution in [0.3, 0.4) is 0 Å². The molecule has 1 N–H and O–H groups in total. The van der Waals surface area contributed by atoms with E-state index in [0.717, 1.165) is 16.9 Å². The van der Waals surface area contributed by atoms with E-state index in [0.29, 0.717) is 28.2 Å². The summed E-state index contributed by atoms with van der Waals surface area (Å²) >= 11 is 17.7. The van der Waals surface area contributed by atoms with Gasteiger partial charge in [-0.2, -0.15) is 0 Å². The van der Waals surface area contributed by atoms with Gasteiger partial charge < -0.3 is 10.1 Å². The second-order valence-corrected chi connectivity index (χ2v) is 7.41. The third-order valence-electron chi connectivity index (χ3n) is 4.21. The number of aryl methyl sites for hydroxylation is 1. The van der Waals surface area contributed by atoms with E-state index < -0.39 is 0 Å². The van der Waals surface area contributed by atoms with Crippen LogP contribution in [0.1, 0.15) is 22.3 Å². The highest BCUT2D eigenvalue weighted by Crippen LogP contribution is 2.23. The van der Waals surface area contributed by atoms with Crippen molar-refractivity contribution in [2.75, 3.05) is 0 Å². The zero-order valence-corrected chi connectivity index (χ0v) is 17.2. The standard InChI is InChI=1S/C22H19Cl2NOS/c1-15-5-2-3-6-17(15)13-25-22(27)16-7-4-8-20(11-16)26-14-18-9-10-19(23)12-21(18)24/h2-12H,13-14H2,1H3,(H,25,27). The Labute approximate surface area is 175 Å². The summed E-state index contributed by atoms with van der Waals surface area (Å²) in [5.41, 5.74) is 4.26. The van der Waals surface area contributed by atoms with E-state index in [-0.39, 0.29) is 0 Å². The van der Waals surface area contributed by atoms with Crippen LogP contribution in [-0.4, -0.2) is 4.99 Å². The molecule has 0 amide bonds. The molecule has 3 rings (SSSR count). The first-order valence-electron chi connectivity index (χ1n) is 8.52. The Hall–Kier alpha value is -2.07. The minimum absolute atomic E-state index is 0.364. The van der Waals surface area contributed by atoms with Crippen LogP contribution in [0.25, 0.3) is 0 Å². The molecule has 0 saturated carbocycles. The van der Waals surface area contributed by atoms with Crippen molar-refractivity contribution < 1.29 is 4.74 Å². The fraction of sp³-hybridized carbons (Fsp3) is 0.136. The summed E-state index contributed by atoms with van der Waals surface area (Å²) in [5, 5.41) is 4.51. The van der Waals surface area contributed by atoms with E-state index in [2.05, 4.69) is 24.4 Å². The summed E-state index contributed by atoms with van der Waals surface area (Å²) < 4.78 is 5.87. The van der Waals surface area contributed by atoms with Gasteiger partial charge in [0.15, 0.2) is 0 Å². The molecule has 0 aliphatic rings. The summed E-state index contributed by atoms with van der Waals surface area (Å²) in [5.74, 6) is 0.735. The van der Waals surface area contributed by atoms with Crippen LogP contribution >= 0.6 is 35.4 Å². The largest absolute Gasteiger partial charge is 0.489 e. The summed E-state index contributed by atoms with van der Waals surface area (Å²) in [7, 11) is 0. The Kier molecular flexibility index (Phi) is 6.73. The number of ether oxygens (including phenoxy) is 1. The smallest absolute Gasteiger partial charge is 0.120 e. The van der Waals surface area contributed by atoms with Gasteiger partial charge in [0.05, 0.1) is 0 Å². The molecular weight excluding hydrogens is 397 g/mol. The van der Waals surface area contributed by atoms with Gasteiger partial charge in [-0.05, 0) is 42.3 Å². The quantitative estimate of drug-likeness (QED) is 0.474. The van der Waals surface area contributed by atoms with E-state index in [1.54, 1.807) is 12.1 Å². The van der Waals surface area contributed by atoms with Gasteiger partial charge in [-0.25, -0.2) is 0 Å². The number of nitrogens with one attached hydrogen (secondary N) is 1. The van der Waals surface area contributed by atoms with Crippen LogP contribution in [0.5, 0.6) is 5.75 Å². The lowest BCUT2D eigenvalue weighted by Gasteiger charge is -2.12. The van der Waals surface area contributed by atoms with Gasteiger partial charge >= 0.3 is 0 Å². The number of thiocarbonyl (C=S) groups is 1. The maximum atomic E-state index is 6.19. The summed E-state index contributed by atoms with van der Waals surface area (Å²) in [4.78, 5) is 0.688. The van der Waals surface area contributed by atoms with Crippen LogP contribution in [0.4, 0.5) is 0 Å². The van der Waals surface area contributed by atoms with Crippen molar-refractivity contribution in [2.24, 2.45) is 0 Å². The third kappa shape index (κ3) is 5.46. The van der Waals surface area contributed by atoms with Crippen molar-refractivity contribution in [1.82, 2.24) is 5.32 Å². The van der Waals surface area contributed by atoms with Crippen molar-refractivity contribution in [3.8, 4) is 5.75 Å². The van der Waals surface area contributed by atoms with Gasteiger partial charge in [-0.15, -0.1) is 0 Å². The van der Waals surface area contributed by atoms with Gasteiger partial charge in [0, 0.05) is 27.7 Å². The van der Waals surface area contributed by atoms with Gasteiger partial charge in [-0.1, -0.05) is 77.9 Å². The number of hydrogen-bond acceptors (Lipinski definition) is 2. The summed E-state index contributed by atoms with van der Waals surface area (Å²) in [6.07, 6.45) is 0. The fourth-order valence-electron chi connectivity index (χ4n) is 2.61. The second kappa shape index (κ2) is 9.23. The predicted molar refractivity (Wildman–Crippen MR) is 117 cm³/mol. The van der Waals surface area contributed by atoms with Gasteiger partial charge in [-0.3, -0.25) is 0 Å². The minimum Gasteiger partial charge on any atom is -0.489 e. The molecule has 0 bridgehead atoms. The molecule has 0 spiro atoms. The topological polar surface area (TPSA) is 21.3 Å². The predicted octanol–water partition coefficient (Wildman–Crippen LogP) is 6.35. The molecule has 0 unspecified atom stereocenters. The molecule has 0 radical (unpaired) electrons. The first-order chi connectivity index (χ1) is 13.0. The van der Waals surface area contributed by atoms with Crippen molar-refractivity contribution in [1.29, 1.82) is 0 Å². The van der Waals surface area contributed by atoms with Gasteiger partial charge in [0.25, 0.3) is 0 Å². The van der Waals surface area contributed by atoms with Crippen molar-refractivity contribution >= 4 is 40.4 Å². The maximum Gasteiger partial charge on any atom is 0.120 e. The average molecular weight is 416 g/mol. The van der Waals surface area contributed by atoms with Crippen molar-refractivity contribution in [3.63, 3.8) is 0 Å². The fourth-order valence-corrected chi connectivity index (χ4v) is 3.28. The Morgan fingerprint density at radius 2 is 1.78 bits per heavy atom. The SMILES string of the molecule is Cc1ccccc1CNC(=S)c1cccc(OCc2ccc(Cl)cc2Cl)c1. The number of benzene rings is 3. The van der Waals surface area contributed by atoms with E-state index in [4.69, 9.17) is 40.2 Å². The van der Waals surface area contributed by atoms with E-state index in [1.165, 1.54) is 11.1 Å². The molecule has 0 aromatic heterocycles. The van der Waals surface area contributed by atoms with E-state index >= 15 is 0 Å². The molecule has 138 valence electrons. The zero-order chi connectivity index (χ0) is 19.2. The highest BCUT2D eigenvalue weighted by molar-refractivity contribution is 7.80. The van der Waals surface area contributed by atoms with Crippen LogP contribution in [-0.2, 0) is 13.2 Å². The number of halogens is 2. The number of rotatable bonds is 6. The van der Waals surface area contributed by atoms with Crippen LogP contribution in [0.15, 0.2) is 66.7 Å². The molecule has 27 heavy (non-hydrogen) atoms. The van der Waals surface area contributed by atoms with E-state index in [1.807, 2.05) is 42.5 Å². The lowest BCUT2D eigenvalue weighted by molar-refractivity contribution is 0.306. The van der Waals surface area contributed by atoms with E-state index in [9.17, 15) is 0 Å². The molecular formula is C22H19Cl2NOS. The first-order valence-corrected chi connectivity index (χ1v) is 9.69. The van der Waals surface area contributed by atoms with Crippen LogP contribution in [0, 0.1) is 6.92 Å². The Bertz CT molecular complexity index is 959. The first kappa shape index (κ1) is 19.7. The minimum atomic E-state index is 0.364. The lowest BCUT2D eigenvalue weighted by atomic mass is 10.1. The molecule has 0 saturated heterocycles. The molecule has 0 heterocycles. The monoisotopic (exact) mass is 415 g/mol. The third-order valence-corrected chi connectivity index (χ3v) is 5.17. The normalized spacial score (nSPS) is 10.5. The average Bonchev–Trinajstić information content (AvgIpc) is 2.67. The lowest BCUT2D eigenvalue weighted by Crippen LogP contribution is -2.22. The maximum absolute atomic E-state index is 6.19. The van der Waals surface area contributed by atoms with Crippen molar-refractivity contribution in [2.45, 2.75) is 20.1 Å². The molecule has 3 aromatic carbocycles. The highest BCUT2D eigenvalue weighted by Gasteiger charge is 2.06. The van der Waals surface area contributed by atoms with Crippen molar-refractivity contribution in [3.05, 3.63) is 99.0 Å². The molecule has 0 aliphatic heterocycles. The highest BCUT2D eigenvalue weighted by atomic mass is 35.5. The van der Waals surface area contributed by atoms with Gasteiger partial charge in [0.2, 0.25) is 0 Å². The van der Waals surface area contributed by atoms with Crippen LogP contribution < -0.4 is 10.1 Å². The molecule has 3 aromatic rings. The Morgan fingerprint density at radius 1 is 0.963 bits per heavy atom.